The van der Waals surface area contributed by atoms with Crippen molar-refractivity contribution in [2.45, 2.75) is 24.9 Å². The monoisotopic (exact) mass is 453 g/mol. The smallest absolute Gasteiger partial charge is 0.257 e. The van der Waals surface area contributed by atoms with Crippen molar-refractivity contribution in [1.29, 1.82) is 0 Å². The average Bonchev–Trinajstić information content (AvgIpc) is 2.69. The van der Waals surface area contributed by atoms with Crippen LogP contribution in [0, 0.1) is 0 Å². The van der Waals surface area contributed by atoms with Gasteiger partial charge in [0.1, 0.15) is 17.1 Å². The standard InChI is InChI=1S/C21H18Cl3NO4/c1-28-18-3-2-12(22)8-15(18)20(27)25-6-4-21(5-7-25)11-17(26)14-9-13(23)10-16(24)19(14)29-21/h2-3,8-10H,4-7,11H2,1H3. The minimum Gasteiger partial charge on any atom is -0.496 e. The fourth-order valence-electron chi connectivity index (χ4n) is 3.93. The van der Waals surface area contributed by atoms with E-state index in [4.69, 9.17) is 44.3 Å². The first kappa shape index (κ1) is 20.3. The first-order valence-corrected chi connectivity index (χ1v) is 10.3. The van der Waals surface area contributed by atoms with Gasteiger partial charge in [-0.25, -0.2) is 0 Å². The third kappa shape index (κ3) is 3.79. The van der Waals surface area contributed by atoms with E-state index in [1.54, 1.807) is 35.2 Å². The Kier molecular flexibility index (Phi) is 5.40. The largest absolute Gasteiger partial charge is 0.496 e. The molecule has 1 saturated heterocycles. The SMILES string of the molecule is COc1ccc(Cl)cc1C(=O)N1CCC2(CC1)CC(=O)c1cc(Cl)cc(Cl)c1O2. The maximum atomic E-state index is 13.0. The Morgan fingerprint density at radius 3 is 2.52 bits per heavy atom. The number of rotatable bonds is 2. The van der Waals surface area contributed by atoms with Gasteiger partial charge in [-0.2, -0.15) is 0 Å². The summed E-state index contributed by atoms with van der Waals surface area (Å²) in [6.45, 7) is 0.893. The number of Topliss-reactive ketones (excluding diaryl/α,β-unsaturated/α-hetero) is 1. The first-order valence-electron chi connectivity index (χ1n) is 9.16. The molecule has 0 aliphatic carbocycles. The van der Waals surface area contributed by atoms with Gasteiger partial charge in [-0.15, -0.1) is 0 Å². The minimum atomic E-state index is -0.670. The fourth-order valence-corrected chi connectivity index (χ4v) is 4.63. The van der Waals surface area contributed by atoms with Crippen LogP contribution in [0.5, 0.6) is 11.5 Å². The number of piperidine rings is 1. The highest BCUT2D eigenvalue weighted by molar-refractivity contribution is 6.36. The van der Waals surface area contributed by atoms with E-state index in [2.05, 4.69) is 0 Å². The Hall–Kier alpha value is -1.95. The van der Waals surface area contributed by atoms with Crippen LogP contribution in [0.2, 0.25) is 15.1 Å². The summed E-state index contributed by atoms with van der Waals surface area (Å²) in [5.74, 6) is 0.642. The Morgan fingerprint density at radius 1 is 1.10 bits per heavy atom. The summed E-state index contributed by atoms with van der Waals surface area (Å²) >= 11 is 18.3. The molecule has 0 N–H and O–H groups in total. The number of hydrogen-bond donors (Lipinski definition) is 0. The van der Waals surface area contributed by atoms with Crippen molar-refractivity contribution in [3.63, 3.8) is 0 Å². The second-order valence-electron chi connectivity index (χ2n) is 7.29. The van der Waals surface area contributed by atoms with Gasteiger partial charge in [0, 0.05) is 36.0 Å². The van der Waals surface area contributed by atoms with E-state index >= 15 is 0 Å². The molecule has 1 fully saturated rings. The van der Waals surface area contributed by atoms with Gasteiger partial charge >= 0.3 is 0 Å². The van der Waals surface area contributed by atoms with Crippen LogP contribution in [-0.2, 0) is 0 Å². The molecule has 2 aromatic carbocycles. The highest BCUT2D eigenvalue weighted by Crippen LogP contribution is 2.44. The van der Waals surface area contributed by atoms with E-state index < -0.39 is 5.60 Å². The lowest BCUT2D eigenvalue weighted by atomic mass is 9.82. The Balaban J connectivity index is 1.53. The second kappa shape index (κ2) is 7.71. The molecule has 2 heterocycles. The lowest BCUT2D eigenvalue weighted by molar-refractivity contribution is -0.00570. The van der Waals surface area contributed by atoms with Crippen LogP contribution in [0.25, 0.3) is 0 Å². The highest BCUT2D eigenvalue weighted by atomic mass is 35.5. The summed E-state index contributed by atoms with van der Waals surface area (Å²) in [6, 6.07) is 8.11. The van der Waals surface area contributed by atoms with E-state index in [1.807, 2.05) is 0 Å². The van der Waals surface area contributed by atoms with E-state index in [1.165, 1.54) is 7.11 Å². The topological polar surface area (TPSA) is 55.8 Å². The van der Waals surface area contributed by atoms with E-state index in [-0.39, 0.29) is 18.1 Å². The van der Waals surface area contributed by atoms with Crippen LogP contribution in [0.15, 0.2) is 30.3 Å². The number of benzene rings is 2. The predicted molar refractivity (Wildman–Crippen MR) is 112 cm³/mol. The third-order valence-corrected chi connectivity index (χ3v) is 6.20. The first-order chi connectivity index (χ1) is 13.8. The molecule has 0 aromatic heterocycles. The number of nitrogens with zero attached hydrogens (tertiary/aromatic N) is 1. The quantitative estimate of drug-likeness (QED) is 0.618. The molecule has 1 amide bonds. The molecule has 0 bridgehead atoms. The molecule has 0 unspecified atom stereocenters. The van der Waals surface area contributed by atoms with Gasteiger partial charge in [0.15, 0.2) is 5.78 Å². The zero-order valence-electron chi connectivity index (χ0n) is 15.6. The number of amides is 1. The number of halogens is 3. The molecule has 2 aliphatic heterocycles. The number of carbonyl (C=O) groups excluding carboxylic acids is 2. The molecule has 2 aromatic rings. The molecule has 29 heavy (non-hydrogen) atoms. The summed E-state index contributed by atoms with van der Waals surface area (Å²) in [5.41, 5.74) is 0.159. The van der Waals surface area contributed by atoms with Gasteiger partial charge in [0.05, 0.1) is 29.7 Å². The lowest BCUT2D eigenvalue weighted by Crippen LogP contribution is -2.52. The van der Waals surface area contributed by atoms with Crippen molar-refractivity contribution < 1.29 is 19.1 Å². The zero-order chi connectivity index (χ0) is 20.8. The van der Waals surface area contributed by atoms with Gasteiger partial charge in [-0.05, 0) is 30.3 Å². The van der Waals surface area contributed by atoms with E-state index in [9.17, 15) is 9.59 Å². The molecule has 5 nitrogen and oxygen atoms in total. The van der Waals surface area contributed by atoms with Crippen molar-refractivity contribution in [2.75, 3.05) is 20.2 Å². The molecule has 152 valence electrons. The molecular weight excluding hydrogens is 437 g/mol. The van der Waals surface area contributed by atoms with Crippen LogP contribution in [0.3, 0.4) is 0 Å². The number of ketones is 1. The molecule has 0 saturated carbocycles. The summed E-state index contributed by atoms with van der Waals surface area (Å²) < 4.78 is 11.5. The lowest BCUT2D eigenvalue weighted by Gasteiger charge is -2.44. The molecule has 2 aliphatic rings. The number of hydrogen-bond acceptors (Lipinski definition) is 4. The summed E-state index contributed by atoms with van der Waals surface area (Å²) in [4.78, 5) is 27.4. The van der Waals surface area contributed by atoms with Crippen molar-refractivity contribution >= 4 is 46.5 Å². The van der Waals surface area contributed by atoms with Crippen LogP contribution in [0.4, 0.5) is 0 Å². The van der Waals surface area contributed by atoms with Gasteiger partial charge in [-0.3, -0.25) is 9.59 Å². The zero-order valence-corrected chi connectivity index (χ0v) is 17.9. The number of fused-ring (bicyclic) bond motifs is 1. The molecule has 8 heteroatoms. The van der Waals surface area contributed by atoms with E-state index in [0.717, 1.165) is 0 Å². The Morgan fingerprint density at radius 2 is 1.83 bits per heavy atom. The van der Waals surface area contributed by atoms with Crippen LogP contribution < -0.4 is 9.47 Å². The normalized spacial score (nSPS) is 17.7. The van der Waals surface area contributed by atoms with E-state index in [0.29, 0.717) is 63.6 Å². The van der Waals surface area contributed by atoms with Crippen molar-refractivity contribution in [1.82, 2.24) is 4.90 Å². The molecule has 1 spiro atoms. The summed E-state index contributed by atoms with van der Waals surface area (Å²) in [5, 5.41) is 1.19. The molecule has 0 atom stereocenters. The van der Waals surface area contributed by atoms with Crippen molar-refractivity contribution in [3.8, 4) is 11.5 Å². The predicted octanol–water partition coefficient (Wildman–Crippen LogP) is 5.30. The highest BCUT2D eigenvalue weighted by Gasteiger charge is 2.44. The van der Waals surface area contributed by atoms with Gasteiger partial charge in [0.2, 0.25) is 0 Å². The van der Waals surface area contributed by atoms with Crippen LogP contribution >= 0.6 is 34.8 Å². The minimum absolute atomic E-state index is 0.0491. The average molecular weight is 455 g/mol. The van der Waals surface area contributed by atoms with Crippen LogP contribution in [0.1, 0.15) is 40.0 Å². The molecular formula is C21H18Cl3NO4. The van der Waals surface area contributed by atoms with Crippen molar-refractivity contribution in [3.05, 3.63) is 56.5 Å². The fraction of sp³-hybridized carbons (Fsp3) is 0.333. The maximum Gasteiger partial charge on any atom is 0.257 e. The number of methoxy groups -OCH3 is 1. The molecule has 4 rings (SSSR count). The third-order valence-electron chi connectivity index (χ3n) is 5.46. The van der Waals surface area contributed by atoms with Gasteiger partial charge in [-0.1, -0.05) is 34.8 Å². The second-order valence-corrected chi connectivity index (χ2v) is 8.57. The van der Waals surface area contributed by atoms with Gasteiger partial charge < -0.3 is 14.4 Å². The molecule has 0 radical (unpaired) electrons. The summed E-state index contributed by atoms with van der Waals surface area (Å²) in [7, 11) is 1.51. The van der Waals surface area contributed by atoms with Crippen molar-refractivity contribution in [2.24, 2.45) is 0 Å². The number of ether oxygens (including phenoxy) is 2. The maximum absolute atomic E-state index is 13.0. The number of carbonyl (C=O) groups is 2. The number of likely N-dealkylation sites (tertiary alicyclic amines) is 1. The van der Waals surface area contributed by atoms with Crippen LogP contribution in [-0.4, -0.2) is 42.4 Å². The van der Waals surface area contributed by atoms with Gasteiger partial charge in [0.25, 0.3) is 5.91 Å². The Labute approximate surface area is 183 Å². The summed E-state index contributed by atoms with van der Waals surface area (Å²) in [6.07, 6.45) is 1.27. The Bertz CT molecular complexity index is 1000.